The average molecular weight is 280 g/mol. The van der Waals surface area contributed by atoms with E-state index < -0.39 is 0 Å². The largest absolute Gasteiger partial charge is 0.384 e. The molecule has 0 unspecified atom stereocenters. The molecule has 4 nitrogen and oxygen atoms in total. The van der Waals surface area contributed by atoms with Gasteiger partial charge in [-0.3, -0.25) is 5.41 Å². The summed E-state index contributed by atoms with van der Waals surface area (Å²) in [4.78, 5) is 8.86. The number of hydrogen-bond donors (Lipinski definition) is 2. The summed E-state index contributed by atoms with van der Waals surface area (Å²) in [6.07, 6.45) is 1.73. The Balaban J connectivity index is 2.12. The fourth-order valence-electron chi connectivity index (χ4n) is 1.88. The van der Waals surface area contributed by atoms with Gasteiger partial charge in [0.15, 0.2) is 0 Å². The second-order valence-electron chi connectivity index (χ2n) is 4.22. The second-order valence-corrected chi connectivity index (χ2v) is 5.23. The summed E-state index contributed by atoms with van der Waals surface area (Å²) >= 11 is 1.41. The van der Waals surface area contributed by atoms with Crippen LogP contribution in [0.25, 0.3) is 10.9 Å². The van der Waals surface area contributed by atoms with Gasteiger partial charge in [0.25, 0.3) is 0 Å². The maximum Gasteiger partial charge on any atom is 0.125 e. The third-order valence-corrected chi connectivity index (χ3v) is 3.77. The van der Waals surface area contributed by atoms with E-state index in [4.69, 9.17) is 11.1 Å². The zero-order valence-corrected chi connectivity index (χ0v) is 11.4. The summed E-state index contributed by atoms with van der Waals surface area (Å²) < 4.78 is 0. The van der Waals surface area contributed by atoms with Crippen LogP contribution in [0.3, 0.4) is 0 Å². The van der Waals surface area contributed by atoms with E-state index in [-0.39, 0.29) is 5.84 Å². The first-order valence-corrected chi connectivity index (χ1v) is 6.89. The van der Waals surface area contributed by atoms with Crippen LogP contribution in [0.5, 0.6) is 0 Å². The number of nitrogen functional groups attached to an aromatic ring is 1. The molecule has 0 aliphatic rings. The first-order chi connectivity index (χ1) is 9.74. The Morgan fingerprint density at radius 2 is 1.90 bits per heavy atom. The number of nitrogens with two attached hydrogens (primary N) is 1. The highest BCUT2D eigenvalue weighted by Crippen LogP contribution is 2.29. The smallest absolute Gasteiger partial charge is 0.125 e. The molecule has 0 spiro atoms. The Kier molecular flexibility index (Phi) is 3.35. The molecule has 0 aliphatic heterocycles. The van der Waals surface area contributed by atoms with Crippen LogP contribution in [0.1, 0.15) is 5.56 Å². The van der Waals surface area contributed by atoms with Crippen LogP contribution < -0.4 is 5.73 Å². The second kappa shape index (κ2) is 5.30. The number of hydrogen-bond acceptors (Lipinski definition) is 4. The molecule has 0 aliphatic carbocycles. The summed E-state index contributed by atoms with van der Waals surface area (Å²) in [5, 5.41) is 10.2. The maximum atomic E-state index is 7.72. The topological polar surface area (TPSA) is 75.7 Å². The van der Waals surface area contributed by atoms with Gasteiger partial charge in [-0.15, -0.1) is 0 Å². The predicted octanol–water partition coefficient (Wildman–Crippen LogP) is 3.07. The van der Waals surface area contributed by atoms with Crippen molar-refractivity contribution in [3.8, 4) is 0 Å². The normalized spacial score (nSPS) is 10.6. The van der Waals surface area contributed by atoms with E-state index in [2.05, 4.69) is 9.97 Å². The standard InChI is InChI=1S/C15H12N4S/c16-14(17)11-9-10-5-1-2-6-12(10)19-15(11)20-13-7-3-4-8-18-13/h1-9H,(H3,16,17). The molecule has 3 aromatic rings. The third-order valence-electron chi connectivity index (χ3n) is 2.82. The Hall–Kier alpha value is -2.40. The van der Waals surface area contributed by atoms with Gasteiger partial charge in [0, 0.05) is 17.1 Å². The maximum absolute atomic E-state index is 7.72. The monoisotopic (exact) mass is 280 g/mol. The van der Waals surface area contributed by atoms with Gasteiger partial charge >= 0.3 is 0 Å². The van der Waals surface area contributed by atoms with Crippen LogP contribution in [0.15, 0.2) is 64.8 Å². The molecule has 0 bridgehead atoms. The van der Waals surface area contributed by atoms with Crippen molar-refractivity contribution in [3.63, 3.8) is 0 Å². The summed E-state index contributed by atoms with van der Waals surface area (Å²) in [6.45, 7) is 0. The molecule has 3 N–H and O–H groups in total. The summed E-state index contributed by atoms with van der Waals surface area (Å²) in [7, 11) is 0. The van der Waals surface area contributed by atoms with Crippen LogP contribution in [-0.4, -0.2) is 15.8 Å². The summed E-state index contributed by atoms with van der Waals surface area (Å²) in [5.74, 6) is 0.0154. The lowest BCUT2D eigenvalue weighted by molar-refractivity contribution is 1.10. The van der Waals surface area contributed by atoms with Crippen LogP contribution in [0.4, 0.5) is 0 Å². The molecule has 0 saturated heterocycles. The molecule has 3 rings (SSSR count). The molecule has 2 aromatic heterocycles. The van der Waals surface area contributed by atoms with Crippen LogP contribution in [0, 0.1) is 5.41 Å². The Morgan fingerprint density at radius 3 is 2.65 bits per heavy atom. The molecule has 98 valence electrons. The van der Waals surface area contributed by atoms with Gasteiger partial charge in [-0.25, -0.2) is 9.97 Å². The van der Waals surface area contributed by atoms with Gasteiger partial charge in [0.05, 0.1) is 5.52 Å². The van der Waals surface area contributed by atoms with E-state index in [1.54, 1.807) is 6.20 Å². The molecular formula is C15H12N4S. The quantitative estimate of drug-likeness (QED) is 0.571. The van der Waals surface area contributed by atoms with Gasteiger partial charge < -0.3 is 5.73 Å². The zero-order valence-electron chi connectivity index (χ0n) is 10.6. The van der Waals surface area contributed by atoms with E-state index in [0.29, 0.717) is 10.6 Å². The predicted molar refractivity (Wildman–Crippen MR) is 81.1 cm³/mol. The fraction of sp³-hybridized carbons (Fsp3) is 0. The Morgan fingerprint density at radius 1 is 1.10 bits per heavy atom. The van der Waals surface area contributed by atoms with E-state index in [0.717, 1.165) is 15.9 Å². The van der Waals surface area contributed by atoms with Crippen molar-refractivity contribution in [2.75, 3.05) is 0 Å². The first kappa shape index (κ1) is 12.6. The molecule has 2 heterocycles. The Labute approximate surface area is 120 Å². The van der Waals surface area contributed by atoms with E-state index >= 15 is 0 Å². The number of rotatable bonds is 3. The molecule has 0 atom stereocenters. The number of amidine groups is 1. The van der Waals surface area contributed by atoms with Crippen molar-refractivity contribution < 1.29 is 0 Å². The molecule has 0 radical (unpaired) electrons. The van der Waals surface area contributed by atoms with Crippen molar-refractivity contribution in [1.29, 1.82) is 5.41 Å². The lowest BCUT2D eigenvalue weighted by Crippen LogP contribution is -2.13. The summed E-state index contributed by atoms with van der Waals surface area (Å²) in [6, 6.07) is 15.4. The molecular weight excluding hydrogens is 268 g/mol. The van der Waals surface area contributed by atoms with Gasteiger partial charge in [0.2, 0.25) is 0 Å². The Bertz CT molecular complexity index is 771. The van der Waals surface area contributed by atoms with Gasteiger partial charge in [-0.05, 0) is 36.0 Å². The SMILES string of the molecule is N=C(N)c1cc2ccccc2nc1Sc1ccccn1. The number of pyridine rings is 2. The number of nitrogens with zero attached hydrogens (tertiary/aromatic N) is 2. The third kappa shape index (κ3) is 2.48. The van der Waals surface area contributed by atoms with Gasteiger partial charge in [-0.2, -0.15) is 0 Å². The van der Waals surface area contributed by atoms with Crippen molar-refractivity contribution in [1.82, 2.24) is 9.97 Å². The first-order valence-electron chi connectivity index (χ1n) is 6.07. The minimum atomic E-state index is 0.0154. The lowest BCUT2D eigenvalue weighted by atomic mass is 10.1. The number of aromatic nitrogens is 2. The van der Waals surface area contributed by atoms with Crippen molar-refractivity contribution in [2.45, 2.75) is 10.1 Å². The van der Waals surface area contributed by atoms with Crippen molar-refractivity contribution >= 4 is 28.5 Å². The minimum Gasteiger partial charge on any atom is -0.384 e. The minimum absolute atomic E-state index is 0.0154. The van der Waals surface area contributed by atoms with Crippen LogP contribution >= 0.6 is 11.8 Å². The highest BCUT2D eigenvalue weighted by molar-refractivity contribution is 7.99. The van der Waals surface area contributed by atoms with Crippen molar-refractivity contribution in [3.05, 3.63) is 60.3 Å². The summed E-state index contributed by atoms with van der Waals surface area (Å²) in [5.41, 5.74) is 7.19. The highest BCUT2D eigenvalue weighted by Gasteiger charge is 2.11. The van der Waals surface area contributed by atoms with Crippen LogP contribution in [0.2, 0.25) is 0 Å². The van der Waals surface area contributed by atoms with Crippen LogP contribution in [-0.2, 0) is 0 Å². The lowest BCUT2D eigenvalue weighted by Gasteiger charge is -2.08. The number of para-hydroxylation sites is 1. The van der Waals surface area contributed by atoms with E-state index in [1.807, 2.05) is 48.5 Å². The molecule has 20 heavy (non-hydrogen) atoms. The number of fused-ring (bicyclic) bond motifs is 1. The van der Waals surface area contributed by atoms with E-state index in [1.165, 1.54) is 11.8 Å². The van der Waals surface area contributed by atoms with Crippen molar-refractivity contribution in [2.24, 2.45) is 5.73 Å². The fourth-order valence-corrected chi connectivity index (χ4v) is 2.76. The zero-order chi connectivity index (χ0) is 13.9. The number of benzene rings is 1. The molecule has 0 fully saturated rings. The molecule has 0 amide bonds. The van der Waals surface area contributed by atoms with Gasteiger partial charge in [-0.1, -0.05) is 24.3 Å². The van der Waals surface area contributed by atoms with Gasteiger partial charge in [0.1, 0.15) is 15.9 Å². The molecule has 1 aromatic carbocycles. The number of nitrogens with one attached hydrogen (secondary N) is 1. The van der Waals surface area contributed by atoms with E-state index in [9.17, 15) is 0 Å². The highest BCUT2D eigenvalue weighted by atomic mass is 32.2. The molecule has 5 heteroatoms. The molecule has 0 saturated carbocycles. The average Bonchev–Trinajstić information content (AvgIpc) is 2.47.